The van der Waals surface area contributed by atoms with Crippen LogP contribution in [0.5, 0.6) is 0 Å². The maximum atomic E-state index is 11.1. The Bertz CT molecular complexity index is 246. The molecule has 0 aromatic rings. The first-order chi connectivity index (χ1) is 6.99. The summed E-state index contributed by atoms with van der Waals surface area (Å²) in [7, 11) is 0. The summed E-state index contributed by atoms with van der Waals surface area (Å²) in [6, 6.07) is 0. The van der Waals surface area contributed by atoms with Crippen LogP contribution in [0.4, 0.5) is 0 Å². The van der Waals surface area contributed by atoms with E-state index in [1.807, 2.05) is 6.92 Å². The van der Waals surface area contributed by atoms with Crippen LogP contribution in [-0.2, 0) is 19.1 Å². The van der Waals surface area contributed by atoms with Gasteiger partial charge in [0.25, 0.3) is 0 Å². The van der Waals surface area contributed by atoms with E-state index < -0.39 is 17.5 Å². The molecule has 0 saturated carbocycles. The number of aliphatic carboxylic acids is 1. The minimum absolute atomic E-state index is 0.375. The van der Waals surface area contributed by atoms with E-state index in [0.29, 0.717) is 19.6 Å². The van der Waals surface area contributed by atoms with Gasteiger partial charge in [0.1, 0.15) is 11.7 Å². The number of esters is 1. The summed E-state index contributed by atoms with van der Waals surface area (Å²) in [5, 5.41) is 8.45. The smallest absolute Gasteiger partial charge is 0.345 e. The summed E-state index contributed by atoms with van der Waals surface area (Å²) >= 11 is 0. The second-order valence-electron chi connectivity index (χ2n) is 2.99. The van der Waals surface area contributed by atoms with Crippen LogP contribution in [0.1, 0.15) is 20.3 Å². The van der Waals surface area contributed by atoms with Gasteiger partial charge in [0, 0.05) is 13.0 Å². The number of carboxylic acid groups (broad SMARTS) is 1. The Morgan fingerprint density at radius 2 is 2.07 bits per heavy atom. The molecule has 0 aliphatic heterocycles. The van der Waals surface area contributed by atoms with Crippen molar-refractivity contribution in [2.24, 2.45) is 0 Å². The summed E-state index contributed by atoms with van der Waals surface area (Å²) in [6.45, 7) is 7.71. The Labute approximate surface area is 88.7 Å². The van der Waals surface area contributed by atoms with Crippen molar-refractivity contribution in [1.82, 2.24) is 0 Å². The largest absolute Gasteiger partial charge is 0.477 e. The SMILES string of the molecule is C=C(C(=O)O)C(=O)OC(C)CCOCC. The van der Waals surface area contributed by atoms with E-state index in [4.69, 9.17) is 14.6 Å². The molecular weight excluding hydrogens is 200 g/mol. The number of carboxylic acids is 1. The zero-order valence-corrected chi connectivity index (χ0v) is 8.99. The van der Waals surface area contributed by atoms with E-state index in [1.54, 1.807) is 6.92 Å². The lowest BCUT2D eigenvalue weighted by atomic mass is 10.3. The van der Waals surface area contributed by atoms with Crippen molar-refractivity contribution in [3.63, 3.8) is 0 Å². The first-order valence-corrected chi connectivity index (χ1v) is 4.70. The highest BCUT2D eigenvalue weighted by Gasteiger charge is 2.18. The van der Waals surface area contributed by atoms with Crippen LogP contribution in [0, 0.1) is 0 Å². The lowest BCUT2D eigenvalue weighted by Crippen LogP contribution is -2.21. The third kappa shape index (κ3) is 5.85. The van der Waals surface area contributed by atoms with Gasteiger partial charge < -0.3 is 14.6 Å². The maximum Gasteiger partial charge on any atom is 0.345 e. The molecule has 0 bridgehead atoms. The summed E-state index contributed by atoms with van der Waals surface area (Å²) in [5.41, 5.74) is -0.557. The van der Waals surface area contributed by atoms with Gasteiger partial charge in [-0.05, 0) is 13.8 Å². The quantitative estimate of drug-likeness (QED) is 0.226. The number of rotatable bonds is 7. The minimum atomic E-state index is -1.36. The van der Waals surface area contributed by atoms with Crippen molar-refractivity contribution in [3.05, 3.63) is 12.2 Å². The fraction of sp³-hybridized carbons (Fsp3) is 0.600. The summed E-state index contributed by atoms with van der Waals surface area (Å²) in [5.74, 6) is -2.26. The molecule has 5 nitrogen and oxygen atoms in total. The molecule has 0 spiro atoms. The van der Waals surface area contributed by atoms with Crippen molar-refractivity contribution in [2.45, 2.75) is 26.4 Å². The van der Waals surface area contributed by atoms with Gasteiger partial charge in [-0.1, -0.05) is 6.58 Å². The van der Waals surface area contributed by atoms with E-state index in [-0.39, 0.29) is 6.10 Å². The molecule has 0 aromatic heterocycles. The molecule has 0 aliphatic carbocycles. The number of carbonyl (C=O) groups is 2. The van der Waals surface area contributed by atoms with Crippen molar-refractivity contribution < 1.29 is 24.2 Å². The summed E-state index contributed by atoms with van der Waals surface area (Å²) in [4.78, 5) is 21.4. The molecule has 0 saturated heterocycles. The Balaban J connectivity index is 3.86. The zero-order chi connectivity index (χ0) is 11.8. The summed E-state index contributed by atoms with van der Waals surface area (Å²) in [6.07, 6.45) is 0.159. The van der Waals surface area contributed by atoms with Crippen molar-refractivity contribution in [2.75, 3.05) is 13.2 Å². The van der Waals surface area contributed by atoms with Crippen molar-refractivity contribution in [3.8, 4) is 0 Å². The van der Waals surface area contributed by atoms with Crippen LogP contribution in [0.3, 0.4) is 0 Å². The molecule has 1 unspecified atom stereocenters. The van der Waals surface area contributed by atoms with Crippen LogP contribution in [0.25, 0.3) is 0 Å². The highest BCUT2D eigenvalue weighted by molar-refractivity contribution is 6.12. The summed E-state index contributed by atoms with van der Waals surface area (Å²) < 4.78 is 9.88. The Hall–Kier alpha value is -1.36. The second kappa shape index (κ2) is 7.00. The van der Waals surface area contributed by atoms with E-state index >= 15 is 0 Å². The fourth-order valence-corrected chi connectivity index (χ4v) is 0.794. The van der Waals surface area contributed by atoms with Crippen LogP contribution in [0.15, 0.2) is 12.2 Å². The fourth-order valence-electron chi connectivity index (χ4n) is 0.794. The number of hydrogen-bond acceptors (Lipinski definition) is 4. The Morgan fingerprint density at radius 1 is 1.47 bits per heavy atom. The molecule has 0 fully saturated rings. The molecule has 0 aromatic carbocycles. The third-order valence-electron chi connectivity index (χ3n) is 1.69. The van der Waals surface area contributed by atoms with Gasteiger partial charge in [0.15, 0.2) is 0 Å². The van der Waals surface area contributed by atoms with Gasteiger partial charge >= 0.3 is 11.9 Å². The molecule has 0 rings (SSSR count). The third-order valence-corrected chi connectivity index (χ3v) is 1.69. The number of hydrogen-bond donors (Lipinski definition) is 1. The normalized spacial score (nSPS) is 11.9. The van der Waals surface area contributed by atoms with Crippen LogP contribution in [-0.4, -0.2) is 36.4 Å². The average Bonchev–Trinajstić information content (AvgIpc) is 2.16. The molecule has 15 heavy (non-hydrogen) atoms. The Kier molecular flexibility index (Phi) is 6.37. The van der Waals surface area contributed by atoms with Crippen molar-refractivity contribution >= 4 is 11.9 Å². The molecule has 0 radical (unpaired) electrons. The van der Waals surface area contributed by atoms with E-state index in [0.717, 1.165) is 0 Å². The van der Waals surface area contributed by atoms with E-state index in [9.17, 15) is 9.59 Å². The first-order valence-electron chi connectivity index (χ1n) is 4.70. The predicted octanol–water partition coefficient (Wildman–Crippen LogP) is 0.985. The molecule has 1 atom stereocenters. The van der Waals surface area contributed by atoms with Crippen LogP contribution in [0.2, 0.25) is 0 Å². The zero-order valence-electron chi connectivity index (χ0n) is 8.99. The average molecular weight is 216 g/mol. The van der Waals surface area contributed by atoms with Crippen LogP contribution < -0.4 is 0 Å². The highest BCUT2D eigenvalue weighted by atomic mass is 16.5. The van der Waals surface area contributed by atoms with Gasteiger partial charge in [0.05, 0.1) is 6.61 Å². The lowest BCUT2D eigenvalue weighted by Gasteiger charge is -2.12. The van der Waals surface area contributed by atoms with E-state index in [2.05, 4.69) is 6.58 Å². The van der Waals surface area contributed by atoms with Gasteiger partial charge in [-0.15, -0.1) is 0 Å². The molecule has 0 heterocycles. The van der Waals surface area contributed by atoms with E-state index in [1.165, 1.54) is 0 Å². The van der Waals surface area contributed by atoms with Gasteiger partial charge in [0.2, 0.25) is 0 Å². The minimum Gasteiger partial charge on any atom is -0.477 e. The van der Waals surface area contributed by atoms with Gasteiger partial charge in [-0.2, -0.15) is 0 Å². The van der Waals surface area contributed by atoms with Crippen LogP contribution >= 0.6 is 0 Å². The number of carbonyl (C=O) groups excluding carboxylic acids is 1. The molecule has 0 aliphatic rings. The molecular formula is C10H16O5. The highest BCUT2D eigenvalue weighted by Crippen LogP contribution is 2.03. The Morgan fingerprint density at radius 3 is 2.53 bits per heavy atom. The lowest BCUT2D eigenvalue weighted by molar-refractivity contribution is -0.148. The number of ether oxygens (including phenoxy) is 2. The molecule has 0 amide bonds. The molecule has 86 valence electrons. The predicted molar refractivity (Wildman–Crippen MR) is 53.4 cm³/mol. The van der Waals surface area contributed by atoms with Crippen molar-refractivity contribution in [1.29, 1.82) is 0 Å². The standard InChI is InChI=1S/C10H16O5/c1-4-14-6-5-7(2)15-10(13)8(3)9(11)12/h7H,3-6H2,1-2H3,(H,11,12). The van der Waals surface area contributed by atoms with Gasteiger partial charge in [-0.25, -0.2) is 9.59 Å². The van der Waals surface area contributed by atoms with Gasteiger partial charge in [-0.3, -0.25) is 0 Å². The second-order valence-corrected chi connectivity index (χ2v) is 2.99. The molecule has 1 N–H and O–H groups in total. The monoisotopic (exact) mass is 216 g/mol. The molecule has 5 heteroatoms. The first kappa shape index (κ1) is 13.6. The maximum absolute atomic E-state index is 11.1. The topological polar surface area (TPSA) is 72.8 Å².